The predicted octanol–water partition coefficient (Wildman–Crippen LogP) is 2.97. The van der Waals surface area contributed by atoms with E-state index in [9.17, 15) is 20.2 Å². The Labute approximate surface area is 102 Å². The summed E-state index contributed by atoms with van der Waals surface area (Å²) < 4.78 is 0. The zero-order chi connectivity index (χ0) is 13.1. The summed E-state index contributed by atoms with van der Waals surface area (Å²) in [5.41, 5.74) is 0.542. The van der Waals surface area contributed by atoms with Gasteiger partial charge in [0, 0.05) is 18.2 Å². The average Bonchev–Trinajstić information content (AvgIpc) is 2.39. The van der Waals surface area contributed by atoms with E-state index in [4.69, 9.17) is 0 Å². The van der Waals surface area contributed by atoms with Crippen LogP contribution in [0.25, 0.3) is 11.1 Å². The normalized spacial score (nSPS) is 10.0. The molecule has 0 N–H and O–H groups in total. The zero-order valence-corrected chi connectivity index (χ0v) is 9.07. The van der Waals surface area contributed by atoms with Gasteiger partial charge in [-0.3, -0.25) is 20.2 Å². The van der Waals surface area contributed by atoms with E-state index in [1.54, 1.807) is 6.07 Å². The number of nitro groups is 2. The highest BCUT2D eigenvalue weighted by molar-refractivity contribution is 5.74. The zero-order valence-electron chi connectivity index (χ0n) is 9.07. The van der Waals surface area contributed by atoms with Crippen LogP contribution in [0.5, 0.6) is 0 Å². The van der Waals surface area contributed by atoms with E-state index in [-0.39, 0.29) is 11.4 Å². The Hall–Kier alpha value is -2.76. The van der Waals surface area contributed by atoms with Crippen LogP contribution in [0, 0.1) is 26.3 Å². The maximum Gasteiger partial charge on any atom is 0.277 e. The fraction of sp³-hybridized carbons (Fsp3) is 0. The molecule has 0 unspecified atom stereocenters. The van der Waals surface area contributed by atoms with E-state index in [0.717, 1.165) is 0 Å². The summed E-state index contributed by atoms with van der Waals surface area (Å²) in [6.45, 7) is 0. The van der Waals surface area contributed by atoms with Gasteiger partial charge in [0.1, 0.15) is 0 Å². The molecule has 0 heterocycles. The second-order valence-electron chi connectivity index (χ2n) is 3.51. The lowest BCUT2D eigenvalue weighted by atomic mass is 10.0. The minimum atomic E-state index is -0.537. The SMILES string of the molecule is O=[N+]([O-])c1cccc(-c2cc[c]cc2[N+](=O)[O-])c1. The highest BCUT2D eigenvalue weighted by Crippen LogP contribution is 2.31. The number of hydrogen-bond donors (Lipinski definition) is 0. The van der Waals surface area contributed by atoms with Crippen molar-refractivity contribution in [3.05, 3.63) is 68.8 Å². The Morgan fingerprint density at radius 2 is 1.83 bits per heavy atom. The van der Waals surface area contributed by atoms with Gasteiger partial charge >= 0.3 is 0 Å². The lowest BCUT2D eigenvalue weighted by Crippen LogP contribution is -1.93. The van der Waals surface area contributed by atoms with Crippen LogP contribution in [-0.2, 0) is 0 Å². The highest BCUT2D eigenvalue weighted by atomic mass is 16.6. The molecule has 0 fully saturated rings. The maximum absolute atomic E-state index is 10.9. The van der Waals surface area contributed by atoms with Crippen LogP contribution < -0.4 is 0 Å². The first kappa shape index (κ1) is 11.7. The van der Waals surface area contributed by atoms with Gasteiger partial charge in [-0.25, -0.2) is 0 Å². The molecule has 0 bridgehead atoms. The lowest BCUT2D eigenvalue weighted by Gasteiger charge is -2.02. The monoisotopic (exact) mass is 243 g/mol. The smallest absolute Gasteiger partial charge is 0.258 e. The molecular weight excluding hydrogens is 236 g/mol. The molecule has 0 aliphatic carbocycles. The van der Waals surface area contributed by atoms with Crippen molar-refractivity contribution in [2.45, 2.75) is 0 Å². The third kappa shape index (κ3) is 2.17. The van der Waals surface area contributed by atoms with Gasteiger partial charge in [-0.05, 0) is 17.7 Å². The van der Waals surface area contributed by atoms with Crippen LogP contribution in [0.4, 0.5) is 11.4 Å². The largest absolute Gasteiger partial charge is 0.277 e. The summed E-state index contributed by atoms with van der Waals surface area (Å²) in [6.07, 6.45) is 0. The van der Waals surface area contributed by atoms with Crippen LogP contribution in [0.2, 0.25) is 0 Å². The van der Waals surface area contributed by atoms with Gasteiger partial charge in [-0.1, -0.05) is 18.2 Å². The first-order chi connectivity index (χ1) is 8.59. The van der Waals surface area contributed by atoms with E-state index in [0.29, 0.717) is 11.1 Å². The molecular formula is C12H7N2O4. The van der Waals surface area contributed by atoms with Gasteiger partial charge in [0.05, 0.1) is 15.4 Å². The Kier molecular flexibility index (Phi) is 3.01. The molecule has 89 valence electrons. The Morgan fingerprint density at radius 1 is 1.06 bits per heavy atom. The summed E-state index contributed by atoms with van der Waals surface area (Å²) in [6, 6.07) is 12.6. The predicted molar refractivity (Wildman–Crippen MR) is 64.0 cm³/mol. The number of nitrogens with zero attached hydrogens (tertiary/aromatic N) is 2. The third-order valence-electron chi connectivity index (χ3n) is 2.41. The molecule has 1 radical (unpaired) electrons. The van der Waals surface area contributed by atoms with Gasteiger partial charge in [-0.2, -0.15) is 0 Å². The molecule has 0 aliphatic heterocycles. The average molecular weight is 243 g/mol. The van der Waals surface area contributed by atoms with Crippen molar-refractivity contribution in [3.63, 3.8) is 0 Å². The first-order valence-corrected chi connectivity index (χ1v) is 4.99. The van der Waals surface area contributed by atoms with Gasteiger partial charge in [-0.15, -0.1) is 0 Å². The number of non-ortho nitro benzene ring substituents is 1. The van der Waals surface area contributed by atoms with Crippen LogP contribution in [-0.4, -0.2) is 9.85 Å². The van der Waals surface area contributed by atoms with E-state index in [1.165, 1.54) is 36.4 Å². The van der Waals surface area contributed by atoms with Gasteiger partial charge in [0.25, 0.3) is 11.4 Å². The lowest BCUT2D eigenvalue weighted by molar-refractivity contribution is -0.385. The highest BCUT2D eigenvalue weighted by Gasteiger charge is 2.16. The molecule has 2 aromatic carbocycles. The molecule has 0 amide bonds. The Balaban J connectivity index is 2.58. The maximum atomic E-state index is 10.9. The van der Waals surface area contributed by atoms with Crippen molar-refractivity contribution < 1.29 is 9.85 Å². The number of nitro benzene ring substituents is 2. The van der Waals surface area contributed by atoms with Gasteiger partial charge in [0.15, 0.2) is 0 Å². The second kappa shape index (κ2) is 4.62. The van der Waals surface area contributed by atoms with Crippen LogP contribution in [0.1, 0.15) is 0 Å². The van der Waals surface area contributed by atoms with Gasteiger partial charge in [0.2, 0.25) is 0 Å². The van der Waals surface area contributed by atoms with Gasteiger partial charge < -0.3 is 0 Å². The topological polar surface area (TPSA) is 86.3 Å². The summed E-state index contributed by atoms with van der Waals surface area (Å²) in [4.78, 5) is 20.5. The van der Waals surface area contributed by atoms with Crippen molar-refractivity contribution >= 4 is 11.4 Å². The third-order valence-corrected chi connectivity index (χ3v) is 2.41. The van der Waals surface area contributed by atoms with E-state index < -0.39 is 9.85 Å². The Bertz CT molecular complexity index is 625. The van der Waals surface area contributed by atoms with E-state index in [1.807, 2.05) is 0 Å². The molecule has 18 heavy (non-hydrogen) atoms. The molecule has 0 saturated heterocycles. The molecule has 6 heteroatoms. The molecule has 6 nitrogen and oxygen atoms in total. The molecule has 2 rings (SSSR count). The fourth-order valence-electron chi connectivity index (χ4n) is 1.60. The van der Waals surface area contributed by atoms with Crippen molar-refractivity contribution in [3.8, 4) is 11.1 Å². The molecule has 2 aromatic rings. The Morgan fingerprint density at radius 3 is 2.50 bits per heavy atom. The summed E-state index contributed by atoms with van der Waals surface area (Å²) in [5, 5.41) is 21.5. The summed E-state index contributed by atoms with van der Waals surface area (Å²) >= 11 is 0. The minimum absolute atomic E-state index is 0.102. The number of rotatable bonds is 3. The van der Waals surface area contributed by atoms with E-state index >= 15 is 0 Å². The quantitative estimate of drug-likeness (QED) is 0.612. The molecule has 0 aliphatic rings. The molecule has 0 spiro atoms. The molecule has 0 aromatic heterocycles. The minimum Gasteiger partial charge on any atom is -0.258 e. The standard InChI is InChI=1S/C12H7N2O4/c15-13(16)10-5-3-4-9(8-10)11-6-1-2-7-12(11)14(17)18/h1,3-8H. The van der Waals surface area contributed by atoms with Crippen molar-refractivity contribution in [2.75, 3.05) is 0 Å². The van der Waals surface area contributed by atoms with Crippen LogP contribution >= 0.6 is 0 Å². The van der Waals surface area contributed by atoms with Crippen LogP contribution in [0.3, 0.4) is 0 Å². The van der Waals surface area contributed by atoms with Crippen LogP contribution in [0.15, 0.2) is 42.5 Å². The van der Waals surface area contributed by atoms with Crippen molar-refractivity contribution in [1.82, 2.24) is 0 Å². The fourth-order valence-corrected chi connectivity index (χ4v) is 1.60. The summed E-state index contributed by atoms with van der Waals surface area (Å²) in [5.74, 6) is 0. The molecule has 0 atom stereocenters. The second-order valence-corrected chi connectivity index (χ2v) is 3.51. The number of benzene rings is 2. The van der Waals surface area contributed by atoms with Crippen molar-refractivity contribution in [2.24, 2.45) is 0 Å². The first-order valence-electron chi connectivity index (χ1n) is 4.99. The van der Waals surface area contributed by atoms with E-state index in [2.05, 4.69) is 6.07 Å². The van der Waals surface area contributed by atoms with Crippen molar-refractivity contribution in [1.29, 1.82) is 0 Å². The number of hydrogen-bond acceptors (Lipinski definition) is 4. The molecule has 0 saturated carbocycles. The summed E-state index contributed by atoms with van der Waals surface area (Å²) in [7, 11) is 0.